The number of unbranched alkanes of at least 4 members (excludes halogenated alkanes) is 1. The van der Waals surface area contributed by atoms with E-state index in [9.17, 15) is 4.79 Å². The summed E-state index contributed by atoms with van der Waals surface area (Å²) >= 11 is 0. The molecule has 0 aromatic carbocycles. The summed E-state index contributed by atoms with van der Waals surface area (Å²) in [7, 11) is 0. The van der Waals surface area contributed by atoms with Crippen molar-refractivity contribution in [3.05, 3.63) is 0 Å². The lowest BCUT2D eigenvalue weighted by Gasteiger charge is -2.20. The van der Waals surface area contributed by atoms with Crippen molar-refractivity contribution in [1.82, 2.24) is 0 Å². The van der Waals surface area contributed by atoms with Gasteiger partial charge in [0.2, 0.25) is 0 Å². The van der Waals surface area contributed by atoms with Crippen LogP contribution in [0.15, 0.2) is 0 Å². The fourth-order valence-corrected chi connectivity index (χ4v) is 2.31. The molecule has 0 aliphatic heterocycles. The molecule has 0 amide bonds. The maximum Gasteiger partial charge on any atom is 0.293 e. The van der Waals surface area contributed by atoms with E-state index in [2.05, 4.69) is 27.7 Å². The molecule has 0 spiro atoms. The lowest BCUT2D eigenvalue weighted by Crippen LogP contribution is -2.16. The van der Waals surface area contributed by atoms with Gasteiger partial charge in [0.25, 0.3) is 6.47 Å². The van der Waals surface area contributed by atoms with Gasteiger partial charge in [-0.1, -0.05) is 53.4 Å². The second kappa shape index (κ2) is 10.6. The van der Waals surface area contributed by atoms with Crippen LogP contribution in [-0.4, -0.2) is 12.6 Å². The van der Waals surface area contributed by atoms with E-state index in [-0.39, 0.29) is 6.10 Å². The highest BCUT2D eigenvalue weighted by molar-refractivity contribution is 5.37. The maximum atomic E-state index is 10.5. The van der Waals surface area contributed by atoms with Crippen molar-refractivity contribution in [2.75, 3.05) is 0 Å². The standard InChI is InChI=1S/C15H30O2/c1-5-7-8-14(6-2)9-10-15(17-12-16)11-13(3)4/h12-15H,5-11H2,1-4H3/t14-,15+/m1/s1. The minimum Gasteiger partial charge on any atom is -0.465 e. The molecule has 2 atom stereocenters. The zero-order chi connectivity index (χ0) is 13.1. The van der Waals surface area contributed by atoms with E-state index in [0.29, 0.717) is 12.4 Å². The molecule has 0 N–H and O–H groups in total. The minimum absolute atomic E-state index is 0.128. The van der Waals surface area contributed by atoms with Crippen molar-refractivity contribution in [1.29, 1.82) is 0 Å². The summed E-state index contributed by atoms with van der Waals surface area (Å²) in [6, 6.07) is 0. The largest absolute Gasteiger partial charge is 0.465 e. The van der Waals surface area contributed by atoms with Crippen LogP contribution in [0.3, 0.4) is 0 Å². The van der Waals surface area contributed by atoms with Crippen molar-refractivity contribution in [3.63, 3.8) is 0 Å². The van der Waals surface area contributed by atoms with Crippen molar-refractivity contribution in [2.45, 2.75) is 78.7 Å². The summed E-state index contributed by atoms with van der Waals surface area (Å²) in [5.74, 6) is 1.40. The third kappa shape index (κ3) is 9.20. The Labute approximate surface area is 107 Å². The Morgan fingerprint density at radius 1 is 1.12 bits per heavy atom. The molecule has 0 unspecified atom stereocenters. The van der Waals surface area contributed by atoms with Gasteiger partial charge < -0.3 is 4.74 Å². The van der Waals surface area contributed by atoms with Crippen LogP contribution in [0, 0.1) is 11.8 Å². The molecule has 0 aliphatic carbocycles. The van der Waals surface area contributed by atoms with Gasteiger partial charge in [-0.05, 0) is 31.1 Å². The lowest BCUT2D eigenvalue weighted by molar-refractivity contribution is -0.134. The van der Waals surface area contributed by atoms with E-state index >= 15 is 0 Å². The number of rotatable bonds is 11. The van der Waals surface area contributed by atoms with E-state index in [4.69, 9.17) is 4.74 Å². The molecule has 102 valence electrons. The van der Waals surface area contributed by atoms with Gasteiger partial charge in [0.15, 0.2) is 0 Å². The summed E-state index contributed by atoms with van der Waals surface area (Å²) in [5, 5.41) is 0. The fourth-order valence-electron chi connectivity index (χ4n) is 2.31. The molecule has 0 saturated heterocycles. The summed E-state index contributed by atoms with van der Waals surface area (Å²) < 4.78 is 5.17. The quantitative estimate of drug-likeness (QED) is 0.496. The van der Waals surface area contributed by atoms with Crippen LogP contribution >= 0.6 is 0 Å². The molecule has 0 fully saturated rings. The van der Waals surface area contributed by atoms with Gasteiger partial charge in [-0.2, -0.15) is 0 Å². The topological polar surface area (TPSA) is 26.3 Å². The highest BCUT2D eigenvalue weighted by Gasteiger charge is 2.14. The molecule has 2 nitrogen and oxygen atoms in total. The van der Waals surface area contributed by atoms with Gasteiger partial charge in [0.05, 0.1) is 0 Å². The smallest absolute Gasteiger partial charge is 0.293 e. The molecular weight excluding hydrogens is 212 g/mol. The second-order valence-corrected chi connectivity index (χ2v) is 5.48. The number of carbonyl (C=O) groups is 1. The number of ether oxygens (including phenoxy) is 1. The molecule has 0 bridgehead atoms. The average Bonchev–Trinajstić information content (AvgIpc) is 2.28. The average molecular weight is 242 g/mol. The summed E-state index contributed by atoms with van der Waals surface area (Å²) in [5.41, 5.74) is 0. The molecule has 0 rings (SSSR count). The van der Waals surface area contributed by atoms with Crippen LogP contribution in [0.2, 0.25) is 0 Å². The summed E-state index contributed by atoms with van der Waals surface area (Å²) in [6.07, 6.45) is 8.50. The van der Waals surface area contributed by atoms with Gasteiger partial charge >= 0.3 is 0 Å². The second-order valence-electron chi connectivity index (χ2n) is 5.48. The Hall–Kier alpha value is -0.530. The van der Waals surface area contributed by atoms with Gasteiger partial charge in [-0.25, -0.2) is 0 Å². The molecule has 0 saturated carbocycles. The van der Waals surface area contributed by atoms with Crippen LogP contribution in [0.25, 0.3) is 0 Å². The third-order valence-electron chi connectivity index (χ3n) is 3.42. The number of hydrogen-bond acceptors (Lipinski definition) is 2. The van der Waals surface area contributed by atoms with E-state index in [0.717, 1.165) is 18.8 Å². The molecule has 0 radical (unpaired) electrons. The first-order valence-electron chi connectivity index (χ1n) is 7.23. The van der Waals surface area contributed by atoms with E-state index in [1.807, 2.05) is 0 Å². The number of hydrogen-bond donors (Lipinski definition) is 0. The van der Waals surface area contributed by atoms with Crippen molar-refractivity contribution >= 4 is 6.47 Å². The Morgan fingerprint density at radius 3 is 2.29 bits per heavy atom. The maximum absolute atomic E-state index is 10.5. The monoisotopic (exact) mass is 242 g/mol. The van der Waals surface area contributed by atoms with Gasteiger partial charge in [0.1, 0.15) is 6.10 Å². The fraction of sp³-hybridized carbons (Fsp3) is 0.933. The summed E-state index contributed by atoms with van der Waals surface area (Å²) in [4.78, 5) is 10.5. The van der Waals surface area contributed by atoms with Gasteiger partial charge in [0, 0.05) is 0 Å². The summed E-state index contributed by atoms with van der Waals surface area (Å²) in [6.45, 7) is 9.47. The zero-order valence-electron chi connectivity index (χ0n) is 12.1. The first kappa shape index (κ1) is 16.5. The van der Waals surface area contributed by atoms with Crippen LogP contribution in [-0.2, 0) is 9.53 Å². The van der Waals surface area contributed by atoms with Crippen LogP contribution in [0.4, 0.5) is 0 Å². The van der Waals surface area contributed by atoms with Crippen LogP contribution in [0.1, 0.15) is 72.6 Å². The zero-order valence-corrected chi connectivity index (χ0v) is 12.1. The third-order valence-corrected chi connectivity index (χ3v) is 3.42. The van der Waals surface area contributed by atoms with E-state index in [1.165, 1.54) is 32.1 Å². The highest BCUT2D eigenvalue weighted by atomic mass is 16.5. The van der Waals surface area contributed by atoms with Crippen LogP contribution in [0.5, 0.6) is 0 Å². The Bertz CT molecular complexity index is 178. The molecule has 0 aromatic heterocycles. The molecule has 0 heterocycles. The Morgan fingerprint density at radius 2 is 1.82 bits per heavy atom. The highest BCUT2D eigenvalue weighted by Crippen LogP contribution is 2.22. The Kier molecular flexibility index (Phi) is 10.3. The van der Waals surface area contributed by atoms with Crippen molar-refractivity contribution in [3.8, 4) is 0 Å². The normalized spacial score (nSPS) is 14.6. The predicted molar refractivity (Wildman–Crippen MR) is 72.9 cm³/mol. The first-order chi connectivity index (χ1) is 8.13. The first-order valence-corrected chi connectivity index (χ1v) is 7.23. The van der Waals surface area contributed by atoms with Crippen molar-refractivity contribution < 1.29 is 9.53 Å². The molecule has 0 aromatic rings. The van der Waals surface area contributed by atoms with E-state index < -0.39 is 0 Å². The SMILES string of the molecule is CCCC[C@@H](CC)CC[C@@H](CC(C)C)OC=O. The van der Waals surface area contributed by atoms with Crippen molar-refractivity contribution in [2.24, 2.45) is 11.8 Å². The molecule has 2 heteroatoms. The molecule has 0 aliphatic rings. The van der Waals surface area contributed by atoms with Gasteiger partial charge in [-0.15, -0.1) is 0 Å². The van der Waals surface area contributed by atoms with E-state index in [1.54, 1.807) is 0 Å². The lowest BCUT2D eigenvalue weighted by atomic mass is 9.91. The minimum atomic E-state index is 0.128. The van der Waals surface area contributed by atoms with Crippen LogP contribution < -0.4 is 0 Å². The molecule has 17 heavy (non-hydrogen) atoms. The van der Waals surface area contributed by atoms with Gasteiger partial charge in [-0.3, -0.25) is 4.79 Å². The molecular formula is C15H30O2. The predicted octanol–water partition coefficient (Wildman–Crippen LogP) is 4.57. The number of carbonyl (C=O) groups excluding carboxylic acids is 1. The Balaban J connectivity index is 3.93.